The van der Waals surface area contributed by atoms with Gasteiger partial charge < -0.3 is 4.74 Å². The molecule has 1 aromatic heterocycles. The first-order valence-corrected chi connectivity index (χ1v) is 3.92. The molecule has 0 aliphatic carbocycles. The third-order valence-electron chi connectivity index (χ3n) is 1.73. The summed E-state index contributed by atoms with van der Waals surface area (Å²) in [5, 5.41) is -0.173. The van der Waals surface area contributed by atoms with Crippen LogP contribution >= 0.6 is 11.6 Å². The summed E-state index contributed by atoms with van der Waals surface area (Å²) < 4.78 is 29.7. The number of hydrogen-bond acceptors (Lipinski definition) is 2. The SMILES string of the molecule is COc1cnc(Cl)c(C(F)F)c1C. The van der Waals surface area contributed by atoms with E-state index in [1.807, 2.05) is 0 Å². The second-order valence-electron chi connectivity index (χ2n) is 2.46. The summed E-state index contributed by atoms with van der Waals surface area (Å²) in [6.45, 7) is 1.52. The van der Waals surface area contributed by atoms with Crippen molar-refractivity contribution in [2.75, 3.05) is 7.11 Å². The zero-order valence-electron chi connectivity index (χ0n) is 7.14. The molecule has 0 unspecified atom stereocenters. The van der Waals surface area contributed by atoms with Gasteiger partial charge in [-0.3, -0.25) is 0 Å². The van der Waals surface area contributed by atoms with Crippen LogP contribution in [0, 0.1) is 6.92 Å². The molecule has 1 heterocycles. The Kier molecular flexibility index (Phi) is 3.03. The van der Waals surface area contributed by atoms with Gasteiger partial charge in [0.05, 0.1) is 18.9 Å². The number of halogens is 3. The van der Waals surface area contributed by atoms with Crippen molar-refractivity contribution in [2.24, 2.45) is 0 Å². The second kappa shape index (κ2) is 3.87. The van der Waals surface area contributed by atoms with Crippen LogP contribution in [0.5, 0.6) is 5.75 Å². The van der Waals surface area contributed by atoms with Gasteiger partial charge in [-0.25, -0.2) is 13.8 Å². The van der Waals surface area contributed by atoms with Gasteiger partial charge in [0.2, 0.25) is 0 Å². The molecule has 1 rings (SSSR count). The fourth-order valence-electron chi connectivity index (χ4n) is 1.03. The number of nitrogens with zero attached hydrogens (tertiary/aromatic N) is 1. The van der Waals surface area contributed by atoms with E-state index in [0.717, 1.165) is 0 Å². The van der Waals surface area contributed by atoms with Gasteiger partial charge >= 0.3 is 0 Å². The molecule has 0 aliphatic rings. The summed E-state index contributed by atoms with van der Waals surface area (Å²) in [5.74, 6) is 0.319. The number of alkyl halides is 2. The van der Waals surface area contributed by atoms with Crippen LogP contribution in [0.4, 0.5) is 8.78 Å². The molecule has 0 aromatic carbocycles. The van der Waals surface area contributed by atoms with Gasteiger partial charge in [-0.2, -0.15) is 0 Å². The van der Waals surface area contributed by atoms with Gasteiger partial charge in [0.25, 0.3) is 6.43 Å². The third-order valence-corrected chi connectivity index (χ3v) is 2.03. The lowest BCUT2D eigenvalue weighted by atomic mass is 10.1. The molecular weight excluding hydrogens is 200 g/mol. The first-order valence-electron chi connectivity index (χ1n) is 3.55. The van der Waals surface area contributed by atoms with E-state index < -0.39 is 6.43 Å². The number of methoxy groups -OCH3 is 1. The molecule has 0 aliphatic heterocycles. The summed E-state index contributed by atoms with van der Waals surface area (Å²) in [6.07, 6.45) is -1.31. The third kappa shape index (κ3) is 1.88. The highest BCUT2D eigenvalue weighted by molar-refractivity contribution is 6.30. The molecule has 0 bridgehead atoms. The van der Waals surface area contributed by atoms with Crippen molar-refractivity contribution in [1.29, 1.82) is 0 Å². The average molecular weight is 208 g/mol. The Morgan fingerprint density at radius 1 is 1.54 bits per heavy atom. The van der Waals surface area contributed by atoms with Crippen molar-refractivity contribution in [1.82, 2.24) is 4.98 Å². The molecule has 0 saturated heterocycles. The summed E-state index contributed by atoms with van der Waals surface area (Å²) in [7, 11) is 1.40. The highest BCUT2D eigenvalue weighted by Gasteiger charge is 2.18. The van der Waals surface area contributed by atoms with Gasteiger partial charge in [-0.05, 0) is 6.92 Å². The summed E-state index contributed by atoms with van der Waals surface area (Å²) >= 11 is 5.51. The number of hydrogen-bond donors (Lipinski definition) is 0. The van der Waals surface area contributed by atoms with Gasteiger partial charge in [0.15, 0.2) is 0 Å². The largest absolute Gasteiger partial charge is 0.495 e. The van der Waals surface area contributed by atoms with Crippen molar-refractivity contribution in [3.8, 4) is 5.75 Å². The molecule has 13 heavy (non-hydrogen) atoms. The predicted octanol–water partition coefficient (Wildman–Crippen LogP) is 2.99. The molecule has 0 N–H and O–H groups in total. The van der Waals surface area contributed by atoms with Crippen LogP contribution in [-0.4, -0.2) is 12.1 Å². The minimum Gasteiger partial charge on any atom is -0.495 e. The van der Waals surface area contributed by atoms with Crippen molar-refractivity contribution in [3.05, 3.63) is 22.5 Å². The van der Waals surface area contributed by atoms with Gasteiger partial charge in [0, 0.05) is 5.56 Å². The molecular formula is C8H8ClF2NO. The molecule has 1 aromatic rings. The number of aromatic nitrogens is 1. The molecule has 0 atom stereocenters. The fourth-order valence-corrected chi connectivity index (χ4v) is 1.30. The summed E-state index contributed by atoms with van der Waals surface area (Å²) in [5.41, 5.74) is 0.0681. The van der Waals surface area contributed by atoms with E-state index in [4.69, 9.17) is 16.3 Å². The van der Waals surface area contributed by atoms with E-state index in [9.17, 15) is 8.78 Å². The van der Waals surface area contributed by atoms with Crippen LogP contribution in [-0.2, 0) is 0 Å². The highest BCUT2D eigenvalue weighted by atomic mass is 35.5. The maximum absolute atomic E-state index is 12.4. The van der Waals surface area contributed by atoms with Crippen LogP contribution in [0.25, 0.3) is 0 Å². The van der Waals surface area contributed by atoms with E-state index in [0.29, 0.717) is 11.3 Å². The second-order valence-corrected chi connectivity index (χ2v) is 2.81. The summed E-state index contributed by atoms with van der Waals surface area (Å²) in [4.78, 5) is 3.59. The molecule has 0 spiro atoms. The minimum absolute atomic E-state index is 0.173. The highest BCUT2D eigenvalue weighted by Crippen LogP contribution is 2.32. The van der Waals surface area contributed by atoms with Crippen molar-refractivity contribution < 1.29 is 13.5 Å². The Morgan fingerprint density at radius 3 is 2.62 bits per heavy atom. The first-order chi connectivity index (χ1) is 6.07. The normalized spacial score (nSPS) is 10.6. The monoisotopic (exact) mass is 207 g/mol. The van der Waals surface area contributed by atoms with Crippen LogP contribution in [0.1, 0.15) is 17.6 Å². The van der Waals surface area contributed by atoms with E-state index in [2.05, 4.69) is 4.98 Å². The Hall–Kier alpha value is -0.900. The zero-order chi connectivity index (χ0) is 10.0. The maximum atomic E-state index is 12.4. The fraction of sp³-hybridized carbons (Fsp3) is 0.375. The molecule has 0 fully saturated rings. The summed E-state index contributed by atoms with van der Waals surface area (Å²) in [6, 6.07) is 0. The lowest BCUT2D eigenvalue weighted by Crippen LogP contribution is -1.97. The van der Waals surface area contributed by atoms with Crippen molar-refractivity contribution in [3.63, 3.8) is 0 Å². The smallest absolute Gasteiger partial charge is 0.267 e. The Morgan fingerprint density at radius 2 is 2.15 bits per heavy atom. The van der Waals surface area contributed by atoms with E-state index in [1.165, 1.54) is 20.2 Å². The van der Waals surface area contributed by atoms with E-state index in [1.54, 1.807) is 0 Å². The van der Waals surface area contributed by atoms with Crippen molar-refractivity contribution in [2.45, 2.75) is 13.3 Å². The molecule has 5 heteroatoms. The standard InChI is InChI=1S/C8H8ClF2NO/c1-4-5(13-2)3-12-7(9)6(4)8(10)11/h3,8H,1-2H3. The lowest BCUT2D eigenvalue weighted by Gasteiger charge is -2.09. The van der Waals surface area contributed by atoms with Gasteiger partial charge in [0.1, 0.15) is 10.9 Å². The van der Waals surface area contributed by atoms with Crippen LogP contribution < -0.4 is 4.74 Å². The number of ether oxygens (including phenoxy) is 1. The average Bonchev–Trinajstić information content (AvgIpc) is 2.04. The molecule has 0 amide bonds. The van der Waals surface area contributed by atoms with Crippen LogP contribution in [0.3, 0.4) is 0 Å². The van der Waals surface area contributed by atoms with Gasteiger partial charge in [-0.1, -0.05) is 11.6 Å². The zero-order valence-corrected chi connectivity index (χ0v) is 7.90. The molecule has 2 nitrogen and oxygen atoms in total. The number of pyridine rings is 1. The van der Waals surface area contributed by atoms with E-state index >= 15 is 0 Å². The van der Waals surface area contributed by atoms with Crippen LogP contribution in [0.15, 0.2) is 6.20 Å². The first kappa shape index (κ1) is 10.2. The van der Waals surface area contributed by atoms with E-state index in [-0.39, 0.29) is 10.7 Å². The maximum Gasteiger partial charge on any atom is 0.267 e. The Bertz CT molecular complexity index is 317. The lowest BCUT2D eigenvalue weighted by molar-refractivity contribution is 0.149. The molecule has 0 saturated carbocycles. The Balaban J connectivity index is 3.30. The Labute approximate surface area is 79.5 Å². The quantitative estimate of drug-likeness (QED) is 0.696. The topological polar surface area (TPSA) is 22.1 Å². The molecule has 0 radical (unpaired) electrons. The van der Waals surface area contributed by atoms with Crippen molar-refractivity contribution >= 4 is 11.6 Å². The van der Waals surface area contributed by atoms with Gasteiger partial charge in [-0.15, -0.1) is 0 Å². The molecule has 72 valence electrons. The minimum atomic E-state index is -2.63. The van der Waals surface area contributed by atoms with Crippen LogP contribution in [0.2, 0.25) is 5.15 Å². The predicted molar refractivity (Wildman–Crippen MR) is 45.5 cm³/mol. The number of rotatable bonds is 2.